The van der Waals surface area contributed by atoms with Gasteiger partial charge >= 0.3 is 6.03 Å². The van der Waals surface area contributed by atoms with Gasteiger partial charge in [-0.05, 0) is 37.3 Å². The number of aryl methyl sites for hydroxylation is 1. The molecule has 1 aromatic carbocycles. The minimum absolute atomic E-state index is 0.0329. The van der Waals surface area contributed by atoms with Crippen molar-refractivity contribution in [3.63, 3.8) is 0 Å². The van der Waals surface area contributed by atoms with Gasteiger partial charge in [-0.25, -0.2) is 4.79 Å². The molecule has 1 atom stereocenters. The maximum Gasteiger partial charge on any atom is 0.315 e. The Labute approximate surface area is 151 Å². The molecule has 0 radical (unpaired) electrons. The van der Waals surface area contributed by atoms with Gasteiger partial charge in [0.2, 0.25) is 5.91 Å². The summed E-state index contributed by atoms with van der Waals surface area (Å²) in [5.41, 5.74) is 2.38. The molecule has 3 amide bonds. The van der Waals surface area contributed by atoms with Crippen molar-refractivity contribution in [1.29, 1.82) is 0 Å². The van der Waals surface area contributed by atoms with Crippen LogP contribution in [0.25, 0.3) is 0 Å². The number of hydrogen-bond acceptors (Lipinski definition) is 2. The van der Waals surface area contributed by atoms with E-state index in [9.17, 15) is 9.59 Å². The van der Waals surface area contributed by atoms with E-state index in [2.05, 4.69) is 47.1 Å². The fourth-order valence-corrected chi connectivity index (χ4v) is 3.21. The Morgan fingerprint density at radius 3 is 2.44 bits per heavy atom. The Balaban J connectivity index is 1.64. The van der Waals surface area contributed by atoms with Gasteiger partial charge in [0.15, 0.2) is 0 Å². The van der Waals surface area contributed by atoms with Gasteiger partial charge in [-0.15, -0.1) is 0 Å². The number of benzene rings is 1. The number of amides is 3. The molecule has 1 aliphatic carbocycles. The van der Waals surface area contributed by atoms with Crippen LogP contribution in [-0.4, -0.2) is 24.5 Å². The number of urea groups is 1. The fourth-order valence-electron chi connectivity index (χ4n) is 3.21. The highest BCUT2D eigenvalue weighted by Crippen LogP contribution is 2.17. The first kappa shape index (κ1) is 19.3. The maximum absolute atomic E-state index is 12.0. The van der Waals surface area contributed by atoms with Gasteiger partial charge in [0.1, 0.15) is 0 Å². The predicted octanol–water partition coefficient (Wildman–Crippen LogP) is 3.45. The van der Waals surface area contributed by atoms with Crippen LogP contribution < -0.4 is 16.0 Å². The second-order valence-electron chi connectivity index (χ2n) is 6.87. The zero-order chi connectivity index (χ0) is 18.1. The molecule has 0 aliphatic heterocycles. The summed E-state index contributed by atoms with van der Waals surface area (Å²) in [6.07, 6.45) is 7.05. The standard InChI is InChI=1S/C20H31N3O2/c1-3-16-9-11-17(12-10-16)15(2)22-19(24)13-14-21-20(25)23-18-7-5-4-6-8-18/h9-12,15,18H,3-8,13-14H2,1-2H3,(H,22,24)(H2,21,23,25)/t15-/m0/s1. The van der Waals surface area contributed by atoms with Crippen molar-refractivity contribution in [2.45, 2.75) is 70.9 Å². The lowest BCUT2D eigenvalue weighted by Crippen LogP contribution is -2.43. The highest BCUT2D eigenvalue weighted by Gasteiger charge is 2.15. The van der Waals surface area contributed by atoms with E-state index in [0.717, 1.165) is 24.8 Å². The van der Waals surface area contributed by atoms with E-state index in [-0.39, 0.29) is 30.4 Å². The average Bonchev–Trinajstić information content (AvgIpc) is 2.62. The lowest BCUT2D eigenvalue weighted by atomic mass is 9.96. The van der Waals surface area contributed by atoms with E-state index >= 15 is 0 Å². The molecule has 0 bridgehead atoms. The minimum atomic E-state index is -0.164. The third-order valence-corrected chi connectivity index (χ3v) is 4.84. The Morgan fingerprint density at radius 2 is 1.80 bits per heavy atom. The van der Waals surface area contributed by atoms with Crippen molar-refractivity contribution < 1.29 is 9.59 Å². The third-order valence-electron chi connectivity index (χ3n) is 4.84. The van der Waals surface area contributed by atoms with E-state index in [0.29, 0.717) is 6.54 Å². The Bertz CT molecular complexity index is 551. The third kappa shape index (κ3) is 6.77. The zero-order valence-electron chi connectivity index (χ0n) is 15.4. The largest absolute Gasteiger partial charge is 0.350 e. The van der Waals surface area contributed by atoms with Crippen molar-refractivity contribution >= 4 is 11.9 Å². The van der Waals surface area contributed by atoms with Crippen molar-refractivity contribution in [3.8, 4) is 0 Å². The molecule has 1 aromatic rings. The molecule has 25 heavy (non-hydrogen) atoms. The number of rotatable bonds is 7. The van der Waals surface area contributed by atoms with Gasteiger partial charge in [-0.1, -0.05) is 50.5 Å². The Morgan fingerprint density at radius 1 is 1.12 bits per heavy atom. The predicted molar refractivity (Wildman–Crippen MR) is 100 cm³/mol. The first-order chi connectivity index (χ1) is 12.1. The van der Waals surface area contributed by atoms with Crippen LogP contribution in [0, 0.1) is 0 Å². The molecule has 1 aliphatic rings. The van der Waals surface area contributed by atoms with Crippen molar-refractivity contribution in [2.24, 2.45) is 0 Å². The van der Waals surface area contributed by atoms with E-state index in [1.54, 1.807) is 0 Å². The molecule has 1 saturated carbocycles. The topological polar surface area (TPSA) is 70.2 Å². The fraction of sp³-hybridized carbons (Fsp3) is 0.600. The normalized spacial score (nSPS) is 16.1. The number of carbonyl (C=O) groups is 2. The summed E-state index contributed by atoms with van der Waals surface area (Å²) in [7, 11) is 0. The highest BCUT2D eigenvalue weighted by atomic mass is 16.2. The van der Waals surface area contributed by atoms with Crippen molar-refractivity contribution in [3.05, 3.63) is 35.4 Å². The SMILES string of the molecule is CCc1ccc([C@H](C)NC(=O)CCNC(=O)NC2CCCCC2)cc1. The Hall–Kier alpha value is -2.04. The smallest absolute Gasteiger partial charge is 0.315 e. The number of nitrogens with one attached hydrogen (secondary N) is 3. The molecule has 0 heterocycles. The van der Waals surface area contributed by atoms with Gasteiger partial charge < -0.3 is 16.0 Å². The van der Waals surface area contributed by atoms with Crippen molar-refractivity contribution in [1.82, 2.24) is 16.0 Å². The van der Waals surface area contributed by atoms with Gasteiger partial charge in [0, 0.05) is 19.0 Å². The van der Waals surface area contributed by atoms with Crippen molar-refractivity contribution in [2.75, 3.05) is 6.54 Å². The molecule has 0 saturated heterocycles. The molecule has 2 rings (SSSR count). The minimum Gasteiger partial charge on any atom is -0.350 e. The molecule has 0 spiro atoms. The molecule has 5 heteroatoms. The summed E-state index contributed by atoms with van der Waals surface area (Å²) in [6, 6.07) is 8.38. The maximum atomic E-state index is 12.0. The van der Waals surface area contributed by atoms with Crippen LogP contribution in [0.15, 0.2) is 24.3 Å². The monoisotopic (exact) mass is 345 g/mol. The van der Waals surface area contributed by atoms with E-state index in [4.69, 9.17) is 0 Å². The van der Waals surface area contributed by atoms with Gasteiger partial charge in [-0.3, -0.25) is 4.79 Å². The molecular formula is C20H31N3O2. The molecule has 138 valence electrons. The summed E-state index contributed by atoms with van der Waals surface area (Å²) >= 11 is 0. The van der Waals surface area contributed by atoms with E-state index in [1.807, 2.05) is 6.92 Å². The molecule has 5 nitrogen and oxygen atoms in total. The van der Waals surface area contributed by atoms with Crippen LogP contribution in [0.1, 0.15) is 69.5 Å². The zero-order valence-corrected chi connectivity index (χ0v) is 15.4. The number of hydrogen-bond donors (Lipinski definition) is 3. The highest BCUT2D eigenvalue weighted by molar-refractivity contribution is 5.78. The molecule has 0 aromatic heterocycles. The van der Waals surface area contributed by atoms with Gasteiger partial charge in [-0.2, -0.15) is 0 Å². The lowest BCUT2D eigenvalue weighted by Gasteiger charge is -2.22. The van der Waals surface area contributed by atoms with Crippen LogP contribution in [0.4, 0.5) is 4.79 Å². The quantitative estimate of drug-likeness (QED) is 0.708. The summed E-state index contributed by atoms with van der Waals surface area (Å²) in [4.78, 5) is 23.9. The van der Waals surface area contributed by atoms with Gasteiger partial charge in [0.05, 0.1) is 6.04 Å². The Kier molecular flexibility index (Phi) is 7.76. The molecular weight excluding hydrogens is 314 g/mol. The van der Waals surface area contributed by atoms with Crippen LogP contribution in [-0.2, 0) is 11.2 Å². The van der Waals surface area contributed by atoms with Crippen LogP contribution in [0.2, 0.25) is 0 Å². The van der Waals surface area contributed by atoms with Crippen LogP contribution in [0.3, 0.4) is 0 Å². The summed E-state index contributed by atoms with van der Waals surface area (Å²) < 4.78 is 0. The van der Waals surface area contributed by atoms with E-state index in [1.165, 1.54) is 24.8 Å². The lowest BCUT2D eigenvalue weighted by molar-refractivity contribution is -0.121. The second kappa shape index (κ2) is 10.1. The summed E-state index contributed by atoms with van der Waals surface area (Å²) in [5, 5.41) is 8.74. The van der Waals surface area contributed by atoms with E-state index < -0.39 is 0 Å². The second-order valence-corrected chi connectivity index (χ2v) is 6.87. The molecule has 1 fully saturated rings. The number of carbonyl (C=O) groups excluding carboxylic acids is 2. The first-order valence-electron chi connectivity index (χ1n) is 9.51. The first-order valence-corrected chi connectivity index (χ1v) is 9.51. The van der Waals surface area contributed by atoms with Crippen LogP contribution >= 0.6 is 0 Å². The molecule has 3 N–H and O–H groups in total. The average molecular weight is 345 g/mol. The van der Waals surface area contributed by atoms with Crippen LogP contribution in [0.5, 0.6) is 0 Å². The summed E-state index contributed by atoms with van der Waals surface area (Å²) in [6.45, 7) is 4.45. The summed E-state index contributed by atoms with van der Waals surface area (Å²) in [5.74, 6) is -0.0509. The van der Waals surface area contributed by atoms with Gasteiger partial charge in [0.25, 0.3) is 0 Å². The molecule has 0 unspecified atom stereocenters.